The third-order valence-corrected chi connectivity index (χ3v) is 6.61. The summed E-state index contributed by atoms with van der Waals surface area (Å²) in [6, 6.07) is 6.27. The zero-order valence-electron chi connectivity index (χ0n) is 14.9. The quantitative estimate of drug-likeness (QED) is 0.801. The van der Waals surface area contributed by atoms with Crippen molar-refractivity contribution in [3.05, 3.63) is 35.6 Å². The number of nitrogens with zero attached hydrogens (tertiary/aromatic N) is 1. The lowest BCUT2D eigenvalue weighted by atomic mass is 9.99. The first-order valence-electron chi connectivity index (χ1n) is 8.84. The molecule has 140 valence electrons. The number of carbonyl (C=O) groups excluding carboxylic acids is 1. The fraction of sp³-hybridized carbons (Fsp3) is 0.611. The van der Waals surface area contributed by atoms with Crippen LogP contribution in [0.1, 0.15) is 38.7 Å². The molecule has 1 heterocycles. The normalized spacial score (nSPS) is 18.0. The van der Waals surface area contributed by atoms with E-state index >= 15 is 0 Å². The fourth-order valence-corrected chi connectivity index (χ4v) is 4.66. The molecule has 1 amide bonds. The third kappa shape index (κ3) is 5.78. The highest BCUT2D eigenvalue weighted by atomic mass is 32.2. The summed E-state index contributed by atoms with van der Waals surface area (Å²) in [6.07, 6.45) is 2.34. The number of rotatable bonds is 7. The van der Waals surface area contributed by atoms with Crippen molar-refractivity contribution in [3.63, 3.8) is 0 Å². The Morgan fingerprint density at radius 1 is 1.36 bits per heavy atom. The topological polar surface area (TPSA) is 66.5 Å². The van der Waals surface area contributed by atoms with Crippen molar-refractivity contribution in [1.82, 2.24) is 9.62 Å². The van der Waals surface area contributed by atoms with Crippen molar-refractivity contribution in [1.29, 1.82) is 0 Å². The SMILES string of the molecule is CCCS(=O)(=O)N1CCC(NC(=O)C(C)Cc2cccc(F)c2)CC1. The Hall–Kier alpha value is -1.47. The van der Waals surface area contributed by atoms with Gasteiger partial charge in [-0.1, -0.05) is 26.0 Å². The molecule has 0 aromatic heterocycles. The van der Waals surface area contributed by atoms with Crippen molar-refractivity contribution < 1.29 is 17.6 Å². The van der Waals surface area contributed by atoms with Crippen LogP contribution in [0.2, 0.25) is 0 Å². The van der Waals surface area contributed by atoms with E-state index in [1.807, 2.05) is 19.9 Å². The zero-order chi connectivity index (χ0) is 18.4. The summed E-state index contributed by atoms with van der Waals surface area (Å²) >= 11 is 0. The molecule has 1 fully saturated rings. The van der Waals surface area contributed by atoms with Crippen LogP contribution in [-0.2, 0) is 21.2 Å². The van der Waals surface area contributed by atoms with Gasteiger partial charge in [-0.25, -0.2) is 17.1 Å². The molecule has 1 aromatic carbocycles. The van der Waals surface area contributed by atoms with E-state index < -0.39 is 10.0 Å². The predicted octanol–water partition coefficient (Wildman–Crippen LogP) is 2.32. The zero-order valence-corrected chi connectivity index (χ0v) is 15.7. The van der Waals surface area contributed by atoms with Gasteiger partial charge in [0.2, 0.25) is 15.9 Å². The van der Waals surface area contributed by atoms with Gasteiger partial charge in [-0.15, -0.1) is 0 Å². The maximum Gasteiger partial charge on any atom is 0.223 e. The molecule has 1 N–H and O–H groups in total. The first-order chi connectivity index (χ1) is 11.8. The molecule has 1 aliphatic rings. The van der Waals surface area contributed by atoms with E-state index in [1.54, 1.807) is 6.07 Å². The van der Waals surface area contributed by atoms with Crippen molar-refractivity contribution in [2.24, 2.45) is 5.92 Å². The largest absolute Gasteiger partial charge is 0.353 e. The summed E-state index contributed by atoms with van der Waals surface area (Å²) in [7, 11) is -3.16. The van der Waals surface area contributed by atoms with E-state index in [4.69, 9.17) is 0 Å². The van der Waals surface area contributed by atoms with Crippen LogP contribution in [0.5, 0.6) is 0 Å². The van der Waals surface area contributed by atoms with Gasteiger partial charge in [-0.3, -0.25) is 4.79 Å². The monoisotopic (exact) mass is 370 g/mol. The minimum absolute atomic E-state index is 0.00413. The maximum atomic E-state index is 13.2. The highest BCUT2D eigenvalue weighted by Gasteiger charge is 2.28. The minimum atomic E-state index is -3.16. The summed E-state index contributed by atoms with van der Waals surface area (Å²) in [5.74, 6) is -0.456. The lowest BCUT2D eigenvalue weighted by molar-refractivity contribution is -0.125. The van der Waals surface area contributed by atoms with E-state index in [-0.39, 0.29) is 29.4 Å². The first kappa shape index (κ1) is 19.8. The van der Waals surface area contributed by atoms with Gasteiger partial charge in [0.25, 0.3) is 0 Å². The van der Waals surface area contributed by atoms with Gasteiger partial charge >= 0.3 is 0 Å². The number of sulfonamides is 1. The van der Waals surface area contributed by atoms with Gasteiger partial charge in [0, 0.05) is 25.0 Å². The molecule has 1 aromatic rings. The molecular formula is C18H27FN2O3S. The molecule has 1 unspecified atom stereocenters. The summed E-state index contributed by atoms with van der Waals surface area (Å²) in [4.78, 5) is 12.3. The van der Waals surface area contributed by atoms with Gasteiger partial charge < -0.3 is 5.32 Å². The van der Waals surface area contributed by atoms with E-state index in [2.05, 4.69) is 5.32 Å². The number of halogens is 1. The Morgan fingerprint density at radius 3 is 2.64 bits per heavy atom. The van der Waals surface area contributed by atoms with E-state index in [9.17, 15) is 17.6 Å². The molecular weight excluding hydrogens is 343 g/mol. The number of hydrogen-bond acceptors (Lipinski definition) is 3. The second kappa shape index (κ2) is 8.76. The van der Waals surface area contributed by atoms with Crippen molar-refractivity contribution in [2.45, 2.75) is 45.6 Å². The molecule has 0 bridgehead atoms. The van der Waals surface area contributed by atoms with Crippen LogP contribution in [0, 0.1) is 11.7 Å². The average molecular weight is 370 g/mol. The molecule has 0 aliphatic carbocycles. The van der Waals surface area contributed by atoms with Gasteiger partial charge in [0.15, 0.2) is 0 Å². The Balaban J connectivity index is 1.82. The van der Waals surface area contributed by atoms with Gasteiger partial charge in [-0.05, 0) is 43.4 Å². The molecule has 25 heavy (non-hydrogen) atoms. The van der Waals surface area contributed by atoms with E-state index in [0.29, 0.717) is 38.8 Å². The molecule has 0 saturated carbocycles. The molecule has 2 rings (SSSR count). The Labute approximate surface area is 149 Å². The highest BCUT2D eigenvalue weighted by Crippen LogP contribution is 2.16. The molecule has 1 saturated heterocycles. The number of nitrogens with one attached hydrogen (secondary N) is 1. The first-order valence-corrected chi connectivity index (χ1v) is 10.5. The average Bonchev–Trinajstić information content (AvgIpc) is 2.55. The highest BCUT2D eigenvalue weighted by molar-refractivity contribution is 7.89. The van der Waals surface area contributed by atoms with Crippen LogP contribution in [0.4, 0.5) is 4.39 Å². The Morgan fingerprint density at radius 2 is 2.04 bits per heavy atom. The maximum absolute atomic E-state index is 13.2. The van der Waals surface area contributed by atoms with Crippen LogP contribution >= 0.6 is 0 Å². The summed E-state index contributed by atoms with van der Waals surface area (Å²) in [5.41, 5.74) is 0.795. The lowest BCUT2D eigenvalue weighted by Gasteiger charge is -2.32. The number of amides is 1. The van der Waals surface area contributed by atoms with Gasteiger partial charge in [-0.2, -0.15) is 0 Å². The predicted molar refractivity (Wildman–Crippen MR) is 96.1 cm³/mol. The molecule has 1 aliphatic heterocycles. The lowest BCUT2D eigenvalue weighted by Crippen LogP contribution is -2.48. The standard InChI is InChI=1S/C18H27FN2O3S/c1-3-11-25(23,24)21-9-7-17(8-10-21)20-18(22)14(2)12-15-5-4-6-16(19)13-15/h4-6,13-14,17H,3,7-12H2,1-2H3,(H,20,22). The third-order valence-electron chi connectivity index (χ3n) is 4.53. The van der Waals surface area contributed by atoms with Crippen molar-refractivity contribution in [2.75, 3.05) is 18.8 Å². The summed E-state index contributed by atoms with van der Waals surface area (Å²) < 4.78 is 38.9. The summed E-state index contributed by atoms with van der Waals surface area (Å²) in [5, 5.41) is 3.00. The van der Waals surface area contributed by atoms with Crippen LogP contribution in [0.3, 0.4) is 0 Å². The molecule has 5 nitrogen and oxygen atoms in total. The smallest absolute Gasteiger partial charge is 0.223 e. The van der Waals surface area contributed by atoms with Crippen LogP contribution in [-0.4, -0.2) is 43.5 Å². The molecule has 7 heteroatoms. The fourth-order valence-electron chi connectivity index (χ4n) is 3.12. The van der Waals surface area contributed by atoms with E-state index in [0.717, 1.165) is 5.56 Å². The molecule has 0 radical (unpaired) electrons. The summed E-state index contributed by atoms with van der Waals surface area (Å²) in [6.45, 7) is 4.57. The van der Waals surface area contributed by atoms with Crippen molar-refractivity contribution >= 4 is 15.9 Å². The number of carbonyl (C=O) groups is 1. The Kier molecular flexibility index (Phi) is 6.95. The van der Waals surface area contributed by atoms with Crippen LogP contribution in [0.25, 0.3) is 0 Å². The van der Waals surface area contributed by atoms with Gasteiger partial charge in [0.05, 0.1) is 5.75 Å². The molecule has 1 atom stereocenters. The second-order valence-electron chi connectivity index (χ2n) is 6.73. The van der Waals surface area contributed by atoms with Gasteiger partial charge in [0.1, 0.15) is 5.82 Å². The van der Waals surface area contributed by atoms with Crippen LogP contribution < -0.4 is 5.32 Å². The number of benzene rings is 1. The van der Waals surface area contributed by atoms with Crippen LogP contribution in [0.15, 0.2) is 24.3 Å². The number of hydrogen-bond donors (Lipinski definition) is 1. The minimum Gasteiger partial charge on any atom is -0.353 e. The second-order valence-corrected chi connectivity index (χ2v) is 8.82. The number of piperidine rings is 1. The van der Waals surface area contributed by atoms with E-state index in [1.165, 1.54) is 16.4 Å². The van der Waals surface area contributed by atoms with Crippen molar-refractivity contribution in [3.8, 4) is 0 Å². The molecule has 0 spiro atoms. The Bertz CT molecular complexity index is 685.